The molecule has 2 aromatic rings. The highest BCUT2D eigenvalue weighted by Crippen LogP contribution is 2.36. The van der Waals surface area contributed by atoms with E-state index in [9.17, 15) is 9.59 Å². The predicted octanol–water partition coefficient (Wildman–Crippen LogP) is 3.77. The van der Waals surface area contributed by atoms with Crippen molar-refractivity contribution in [1.29, 1.82) is 0 Å². The van der Waals surface area contributed by atoms with Crippen LogP contribution in [-0.2, 0) is 11.2 Å². The maximum absolute atomic E-state index is 12.8. The fourth-order valence-corrected chi connectivity index (χ4v) is 4.58. The summed E-state index contributed by atoms with van der Waals surface area (Å²) < 4.78 is 6.32. The van der Waals surface area contributed by atoms with Crippen LogP contribution in [-0.4, -0.2) is 30.7 Å². The summed E-state index contributed by atoms with van der Waals surface area (Å²) in [6, 6.07) is 6.87. The fraction of sp³-hybridized carbons (Fsp3) is 0.294. The van der Waals surface area contributed by atoms with Gasteiger partial charge in [0.2, 0.25) is 0 Å². The summed E-state index contributed by atoms with van der Waals surface area (Å²) in [5.41, 5.74) is 2.44. The van der Waals surface area contributed by atoms with Crippen molar-refractivity contribution in [2.75, 3.05) is 13.7 Å². The molecule has 1 aliphatic heterocycles. The number of carbonyl (C=O) groups excluding carboxylic acids is 2. The number of halogens is 1. The van der Waals surface area contributed by atoms with E-state index in [-0.39, 0.29) is 5.91 Å². The Hall–Kier alpha value is -1.66. The van der Waals surface area contributed by atoms with E-state index in [0.717, 1.165) is 32.5 Å². The number of amides is 1. The average Bonchev–Trinajstić information content (AvgIpc) is 2.92. The van der Waals surface area contributed by atoms with E-state index in [0.29, 0.717) is 17.9 Å². The molecule has 1 aromatic heterocycles. The fourth-order valence-electron chi connectivity index (χ4n) is 2.91. The van der Waals surface area contributed by atoms with Gasteiger partial charge in [-0.2, -0.15) is 0 Å². The van der Waals surface area contributed by atoms with Gasteiger partial charge in [-0.05, 0) is 41.1 Å². The molecule has 6 heteroatoms. The molecule has 0 N–H and O–H groups in total. The molecule has 1 unspecified atom stereocenters. The van der Waals surface area contributed by atoms with E-state index >= 15 is 0 Å². The van der Waals surface area contributed by atoms with Gasteiger partial charge in [-0.25, -0.2) is 0 Å². The number of carbonyl (C=O) groups is 2. The molecule has 2 heterocycles. The number of rotatable bonds is 4. The molecule has 0 spiro atoms. The molecule has 3 rings (SSSR count). The Morgan fingerprint density at radius 3 is 2.87 bits per heavy atom. The highest BCUT2D eigenvalue weighted by atomic mass is 79.9. The highest BCUT2D eigenvalue weighted by molar-refractivity contribution is 9.11. The van der Waals surface area contributed by atoms with Gasteiger partial charge in [-0.15, -0.1) is 11.3 Å². The molecule has 1 atom stereocenters. The molecule has 1 amide bonds. The van der Waals surface area contributed by atoms with Gasteiger partial charge in [-0.3, -0.25) is 4.79 Å². The lowest BCUT2D eigenvalue weighted by Gasteiger charge is -2.32. The van der Waals surface area contributed by atoms with Crippen molar-refractivity contribution in [2.24, 2.45) is 0 Å². The van der Waals surface area contributed by atoms with Crippen LogP contribution in [0.15, 0.2) is 28.1 Å². The first-order chi connectivity index (χ1) is 11.0. The molecule has 4 nitrogen and oxygen atoms in total. The Kier molecular flexibility index (Phi) is 4.55. The van der Waals surface area contributed by atoms with Crippen molar-refractivity contribution in [3.8, 4) is 5.75 Å². The third kappa shape index (κ3) is 2.93. The van der Waals surface area contributed by atoms with Gasteiger partial charge >= 0.3 is 0 Å². The zero-order valence-electron chi connectivity index (χ0n) is 12.8. The largest absolute Gasteiger partial charge is 0.496 e. The molecule has 0 saturated carbocycles. The molecule has 0 saturated heterocycles. The number of thiophene rings is 1. The van der Waals surface area contributed by atoms with Crippen LogP contribution < -0.4 is 4.74 Å². The van der Waals surface area contributed by atoms with Gasteiger partial charge < -0.3 is 14.4 Å². The third-order valence-corrected chi connectivity index (χ3v) is 5.72. The summed E-state index contributed by atoms with van der Waals surface area (Å²) in [4.78, 5) is 27.3. The van der Waals surface area contributed by atoms with Crippen LogP contribution in [0, 0.1) is 6.92 Å². The number of hydrogen-bond donors (Lipinski definition) is 0. The first-order valence-electron chi connectivity index (χ1n) is 7.24. The highest BCUT2D eigenvalue weighted by Gasteiger charge is 2.33. The molecule has 1 aromatic carbocycles. The van der Waals surface area contributed by atoms with E-state index in [1.54, 1.807) is 23.3 Å². The Bertz CT molecular complexity index is 771. The van der Waals surface area contributed by atoms with E-state index < -0.39 is 6.04 Å². The number of fused-ring (bicyclic) bond motifs is 1. The predicted molar refractivity (Wildman–Crippen MR) is 93.3 cm³/mol. The normalized spacial score (nSPS) is 15.3. The van der Waals surface area contributed by atoms with Crippen LogP contribution >= 0.6 is 27.3 Å². The van der Waals surface area contributed by atoms with Crippen LogP contribution in [0.5, 0.6) is 5.75 Å². The minimum atomic E-state index is -0.635. The van der Waals surface area contributed by atoms with E-state index in [4.69, 9.17) is 4.74 Å². The van der Waals surface area contributed by atoms with Crippen molar-refractivity contribution in [3.63, 3.8) is 0 Å². The number of methoxy groups -OCH3 is 1. The average molecular weight is 394 g/mol. The smallest absolute Gasteiger partial charge is 0.255 e. The zero-order chi connectivity index (χ0) is 16.6. The number of nitrogens with zero attached hydrogens (tertiary/aromatic N) is 1. The SMILES string of the molecule is COc1ccc(C)cc1C(C=O)N1CCc2sc(Br)cc2C1=O. The molecule has 120 valence electrons. The standard InChI is InChI=1S/C17H16BrNO3S/c1-10-3-4-14(22-2)11(7-10)13(9-20)19-6-5-15-12(17(19)21)8-16(18)23-15/h3-4,7-9,13H,5-6H2,1-2H3. The number of aryl methyl sites for hydroxylation is 1. The summed E-state index contributed by atoms with van der Waals surface area (Å²) in [6.07, 6.45) is 1.58. The Balaban J connectivity index is 2.01. The van der Waals surface area contributed by atoms with Gasteiger partial charge in [0, 0.05) is 23.4 Å². The molecule has 0 radical (unpaired) electrons. The Morgan fingerprint density at radius 1 is 1.39 bits per heavy atom. The molecule has 0 aliphatic carbocycles. The second kappa shape index (κ2) is 6.45. The molecular formula is C17H16BrNO3S. The second-order valence-electron chi connectivity index (χ2n) is 5.46. The van der Waals surface area contributed by atoms with E-state index in [1.807, 2.05) is 31.2 Å². The van der Waals surface area contributed by atoms with Gasteiger partial charge in [0.1, 0.15) is 18.1 Å². The quantitative estimate of drug-likeness (QED) is 0.742. The van der Waals surface area contributed by atoms with Crippen molar-refractivity contribution >= 4 is 39.5 Å². The summed E-state index contributed by atoms with van der Waals surface area (Å²) in [5.74, 6) is 0.520. The monoisotopic (exact) mass is 393 g/mol. The lowest BCUT2D eigenvalue weighted by Crippen LogP contribution is -2.40. The van der Waals surface area contributed by atoms with Crippen LogP contribution in [0.1, 0.15) is 32.4 Å². The molecule has 1 aliphatic rings. The molecule has 0 bridgehead atoms. The topological polar surface area (TPSA) is 46.6 Å². The number of ether oxygens (including phenoxy) is 1. The molecular weight excluding hydrogens is 378 g/mol. The summed E-state index contributed by atoms with van der Waals surface area (Å²) in [5, 5.41) is 0. The van der Waals surface area contributed by atoms with Gasteiger partial charge in [-0.1, -0.05) is 11.6 Å². The zero-order valence-corrected chi connectivity index (χ0v) is 15.2. The Labute approximate surface area is 147 Å². The van der Waals surface area contributed by atoms with Crippen LogP contribution in [0.25, 0.3) is 0 Å². The van der Waals surface area contributed by atoms with E-state index in [2.05, 4.69) is 15.9 Å². The summed E-state index contributed by atoms with van der Waals surface area (Å²) >= 11 is 5.01. The lowest BCUT2D eigenvalue weighted by atomic mass is 9.99. The lowest BCUT2D eigenvalue weighted by molar-refractivity contribution is -0.112. The maximum atomic E-state index is 12.8. The van der Waals surface area contributed by atoms with Crippen molar-refractivity contribution in [3.05, 3.63) is 49.6 Å². The van der Waals surface area contributed by atoms with Crippen LogP contribution in [0.4, 0.5) is 0 Å². The Morgan fingerprint density at radius 2 is 2.17 bits per heavy atom. The summed E-state index contributed by atoms with van der Waals surface area (Å²) in [7, 11) is 1.57. The number of hydrogen-bond acceptors (Lipinski definition) is 4. The minimum Gasteiger partial charge on any atom is -0.496 e. The first-order valence-corrected chi connectivity index (χ1v) is 8.85. The van der Waals surface area contributed by atoms with Crippen molar-refractivity contribution in [1.82, 2.24) is 4.90 Å². The maximum Gasteiger partial charge on any atom is 0.255 e. The number of benzene rings is 1. The van der Waals surface area contributed by atoms with E-state index in [1.165, 1.54) is 0 Å². The summed E-state index contributed by atoms with van der Waals surface area (Å²) in [6.45, 7) is 2.48. The van der Waals surface area contributed by atoms with Gasteiger partial charge in [0.25, 0.3) is 5.91 Å². The second-order valence-corrected chi connectivity index (χ2v) is 7.98. The van der Waals surface area contributed by atoms with Crippen molar-refractivity contribution in [2.45, 2.75) is 19.4 Å². The first kappa shape index (κ1) is 16.2. The van der Waals surface area contributed by atoms with Crippen LogP contribution in [0.2, 0.25) is 0 Å². The third-order valence-electron chi connectivity index (χ3n) is 4.02. The van der Waals surface area contributed by atoms with Crippen molar-refractivity contribution < 1.29 is 14.3 Å². The van der Waals surface area contributed by atoms with Gasteiger partial charge in [0.05, 0.1) is 16.5 Å². The van der Waals surface area contributed by atoms with Crippen LogP contribution in [0.3, 0.4) is 0 Å². The van der Waals surface area contributed by atoms with Gasteiger partial charge in [0.15, 0.2) is 0 Å². The minimum absolute atomic E-state index is 0.103. The number of aldehydes is 1. The molecule has 23 heavy (non-hydrogen) atoms. The molecule has 0 fully saturated rings.